The van der Waals surface area contributed by atoms with Crippen LogP contribution in [0.25, 0.3) is 0 Å². The molecule has 1 atom stereocenters. The predicted molar refractivity (Wildman–Crippen MR) is 106 cm³/mol. The van der Waals surface area contributed by atoms with Gasteiger partial charge in [0.15, 0.2) is 5.82 Å². The van der Waals surface area contributed by atoms with Gasteiger partial charge in [0.05, 0.1) is 25.1 Å². The Labute approximate surface area is 167 Å². The molecule has 28 heavy (non-hydrogen) atoms. The van der Waals surface area contributed by atoms with Crippen molar-refractivity contribution >= 4 is 28.9 Å². The van der Waals surface area contributed by atoms with Gasteiger partial charge in [-0.3, -0.25) is 5.41 Å². The molecular formula is C18H22ClN7O2. The number of rotatable bonds is 3. The molecule has 2 fully saturated rings. The van der Waals surface area contributed by atoms with Crippen LogP contribution in [0.15, 0.2) is 18.5 Å². The van der Waals surface area contributed by atoms with Gasteiger partial charge in [0.25, 0.3) is 0 Å². The minimum absolute atomic E-state index is 0.0192. The van der Waals surface area contributed by atoms with Crippen LogP contribution in [0.2, 0.25) is 5.02 Å². The van der Waals surface area contributed by atoms with Gasteiger partial charge in [-0.1, -0.05) is 11.6 Å². The number of halogens is 1. The largest absolute Gasteiger partial charge is 0.492 e. The standard InChI is InChI=1S/C18H22ClN7O2/c19-13-10(1-4-23-17(13)27)14(21)15-16(22)25-12(7-24-15)26-5-2-18(3-6-26)9-28-8-11(18)20/h1,4,7,11,21H,2-3,5-6,8-9,20H2,(H2,22,25)(H,23,27)/t11-/m1/s1. The Kier molecular flexibility index (Phi) is 4.82. The number of piperidine rings is 1. The zero-order valence-electron chi connectivity index (χ0n) is 15.2. The van der Waals surface area contributed by atoms with Crippen molar-refractivity contribution in [1.82, 2.24) is 15.0 Å². The second-order valence-electron chi connectivity index (χ2n) is 7.30. The van der Waals surface area contributed by atoms with Crippen molar-refractivity contribution in [2.75, 3.05) is 36.9 Å². The van der Waals surface area contributed by atoms with Gasteiger partial charge in [0.2, 0.25) is 5.88 Å². The molecule has 2 aromatic rings. The first kappa shape index (κ1) is 18.9. The van der Waals surface area contributed by atoms with E-state index >= 15 is 0 Å². The van der Waals surface area contributed by atoms with Gasteiger partial charge >= 0.3 is 0 Å². The van der Waals surface area contributed by atoms with Crippen molar-refractivity contribution in [1.29, 1.82) is 5.41 Å². The molecule has 0 bridgehead atoms. The first-order valence-corrected chi connectivity index (χ1v) is 9.43. The summed E-state index contributed by atoms with van der Waals surface area (Å²) in [5.74, 6) is 0.458. The summed E-state index contributed by atoms with van der Waals surface area (Å²) in [5.41, 5.74) is 12.9. The average Bonchev–Trinajstić information content (AvgIpc) is 3.04. The van der Waals surface area contributed by atoms with Gasteiger partial charge in [0.1, 0.15) is 16.5 Å². The van der Waals surface area contributed by atoms with Crippen LogP contribution >= 0.6 is 11.6 Å². The van der Waals surface area contributed by atoms with Crippen LogP contribution in [-0.2, 0) is 4.74 Å². The SMILES string of the molecule is N=C(c1ccnc(O)c1Cl)c1ncc(N2CCC3(CC2)COC[C@H]3N)nc1N. The predicted octanol–water partition coefficient (Wildman–Crippen LogP) is 1.17. The van der Waals surface area contributed by atoms with Gasteiger partial charge in [-0.25, -0.2) is 15.0 Å². The van der Waals surface area contributed by atoms with E-state index in [1.54, 1.807) is 6.20 Å². The molecule has 9 nitrogen and oxygen atoms in total. The molecule has 2 saturated heterocycles. The lowest BCUT2D eigenvalue weighted by Gasteiger charge is -2.41. The molecule has 148 valence electrons. The summed E-state index contributed by atoms with van der Waals surface area (Å²) in [4.78, 5) is 14.6. The van der Waals surface area contributed by atoms with Crippen LogP contribution in [-0.4, -0.2) is 58.1 Å². The third kappa shape index (κ3) is 3.15. The van der Waals surface area contributed by atoms with Gasteiger partial charge in [-0.05, 0) is 18.9 Å². The number of aromatic hydroxyl groups is 1. The molecule has 0 aromatic carbocycles. The van der Waals surface area contributed by atoms with Crippen LogP contribution in [0.1, 0.15) is 24.1 Å². The summed E-state index contributed by atoms with van der Waals surface area (Å²) in [6.07, 6.45) is 4.83. The van der Waals surface area contributed by atoms with Crippen LogP contribution < -0.4 is 16.4 Å². The summed E-state index contributed by atoms with van der Waals surface area (Å²) in [6, 6.07) is 1.60. The second kappa shape index (κ2) is 7.16. The van der Waals surface area contributed by atoms with Crippen LogP contribution in [0.4, 0.5) is 11.6 Å². The number of hydrogen-bond donors (Lipinski definition) is 4. The van der Waals surface area contributed by atoms with Crippen LogP contribution in [0, 0.1) is 10.8 Å². The number of nitrogens with zero attached hydrogens (tertiary/aromatic N) is 4. The van der Waals surface area contributed by atoms with E-state index in [-0.39, 0.29) is 45.1 Å². The second-order valence-corrected chi connectivity index (χ2v) is 7.68. The van der Waals surface area contributed by atoms with Gasteiger partial charge in [-0.2, -0.15) is 0 Å². The molecule has 0 aliphatic carbocycles. The van der Waals surface area contributed by atoms with E-state index < -0.39 is 0 Å². The van der Waals surface area contributed by atoms with Crippen LogP contribution in [0.3, 0.4) is 0 Å². The van der Waals surface area contributed by atoms with Gasteiger partial charge < -0.3 is 26.2 Å². The Balaban J connectivity index is 1.52. The molecule has 2 aliphatic rings. The molecule has 6 N–H and O–H groups in total. The molecule has 4 heterocycles. The number of nitrogens with two attached hydrogens (primary N) is 2. The van der Waals surface area contributed by atoms with E-state index in [1.807, 2.05) is 0 Å². The number of ether oxygens (including phenoxy) is 1. The third-order valence-electron chi connectivity index (χ3n) is 5.72. The maximum Gasteiger partial charge on any atom is 0.230 e. The van der Waals surface area contributed by atoms with Gasteiger partial charge in [0, 0.05) is 36.3 Å². The molecule has 0 saturated carbocycles. The molecule has 2 aliphatic heterocycles. The zero-order valence-corrected chi connectivity index (χ0v) is 16.0. The normalized spacial score (nSPS) is 21.2. The van der Waals surface area contributed by atoms with Crippen LogP contribution in [0.5, 0.6) is 5.88 Å². The van der Waals surface area contributed by atoms with E-state index in [0.29, 0.717) is 19.0 Å². The Hall–Kier alpha value is -2.49. The lowest BCUT2D eigenvalue weighted by atomic mass is 9.75. The molecular weight excluding hydrogens is 382 g/mol. The first-order valence-electron chi connectivity index (χ1n) is 9.05. The number of nitrogen functional groups attached to an aromatic ring is 1. The van der Waals surface area contributed by atoms with E-state index in [2.05, 4.69) is 19.9 Å². The Bertz CT molecular complexity index is 915. The topological polar surface area (TPSA) is 147 Å². The molecule has 4 rings (SSSR count). The lowest BCUT2D eigenvalue weighted by molar-refractivity contribution is 0.131. The highest BCUT2D eigenvalue weighted by atomic mass is 35.5. The fourth-order valence-corrected chi connectivity index (χ4v) is 4.07. The fourth-order valence-electron chi connectivity index (χ4n) is 3.86. The minimum Gasteiger partial charge on any atom is -0.492 e. The van der Waals surface area contributed by atoms with E-state index in [9.17, 15) is 5.11 Å². The van der Waals surface area contributed by atoms with Gasteiger partial charge in [-0.15, -0.1) is 0 Å². The smallest absolute Gasteiger partial charge is 0.230 e. The number of pyridine rings is 1. The van der Waals surface area contributed by atoms with Crippen molar-refractivity contribution in [3.05, 3.63) is 34.7 Å². The third-order valence-corrected chi connectivity index (χ3v) is 6.09. The number of nitrogens with one attached hydrogen (secondary N) is 1. The highest BCUT2D eigenvalue weighted by Crippen LogP contribution is 2.39. The molecule has 1 spiro atoms. The quantitative estimate of drug-likeness (QED) is 0.558. The Morgan fingerprint density at radius 3 is 2.75 bits per heavy atom. The number of anilines is 2. The molecule has 10 heteroatoms. The van der Waals surface area contributed by atoms with Crippen molar-refractivity contribution in [2.45, 2.75) is 18.9 Å². The average molecular weight is 404 g/mol. The summed E-state index contributed by atoms with van der Waals surface area (Å²) in [7, 11) is 0. The molecule has 0 radical (unpaired) electrons. The summed E-state index contributed by atoms with van der Waals surface area (Å²) < 4.78 is 5.56. The number of aromatic nitrogens is 3. The maximum atomic E-state index is 9.65. The van der Waals surface area contributed by atoms with Crippen molar-refractivity contribution < 1.29 is 9.84 Å². The van der Waals surface area contributed by atoms with Crippen molar-refractivity contribution in [2.24, 2.45) is 11.1 Å². The first-order chi connectivity index (χ1) is 13.4. The Morgan fingerprint density at radius 2 is 2.11 bits per heavy atom. The maximum absolute atomic E-state index is 9.65. The highest BCUT2D eigenvalue weighted by molar-refractivity contribution is 6.36. The van der Waals surface area contributed by atoms with Crippen molar-refractivity contribution in [3.63, 3.8) is 0 Å². The highest BCUT2D eigenvalue weighted by Gasteiger charge is 2.44. The summed E-state index contributed by atoms with van der Waals surface area (Å²) >= 11 is 6.04. The van der Waals surface area contributed by atoms with E-state index in [4.69, 9.17) is 33.2 Å². The van der Waals surface area contributed by atoms with Crippen molar-refractivity contribution in [3.8, 4) is 5.88 Å². The minimum atomic E-state index is -0.344. The lowest BCUT2D eigenvalue weighted by Crippen LogP contribution is -2.49. The summed E-state index contributed by atoms with van der Waals surface area (Å²) in [6.45, 7) is 2.93. The van der Waals surface area contributed by atoms with E-state index in [0.717, 1.165) is 25.9 Å². The Morgan fingerprint density at radius 1 is 1.36 bits per heavy atom. The monoisotopic (exact) mass is 403 g/mol. The fraction of sp³-hybridized carbons (Fsp3) is 0.444. The molecule has 0 unspecified atom stereocenters. The number of hydrogen-bond acceptors (Lipinski definition) is 9. The molecule has 2 aromatic heterocycles. The van der Waals surface area contributed by atoms with E-state index in [1.165, 1.54) is 12.3 Å². The summed E-state index contributed by atoms with van der Waals surface area (Å²) in [5, 5.41) is 18.0. The zero-order chi connectivity index (χ0) is 19.9. The molecule has 0 amide bonds.